The van der Waals surface area contributed by atoms with E-state index in [1.807, 2.05) is 0 Å². The van der Waals surface area contributed by atoms with E-state index < -0.39 is 10.9 Å². The van der Waals surface area contributed by atoms with Gasteiger partial charge in [0.05, 0.1) is 4.92 Å². The SMILES string of the molecule is C=CCN(CC(=O)O)c1ccc([N+](=O)[O-])cc1. The molecule has 0 aliphatic carbocycles. The van der Waals surface area contributed by atoms with Gasteiger partial charge in [0.25, 0.3) is 5.69 Å². The minimum absolute atomic E-state index is 0.0253. The Morgan fingerprint density at radius 2 is 2.06 bits per heavy atom. The Morgan fingerprint density at radius 1 is 1.47 bits per heavy atom. The van der Waals surface area contributed by atoms with E-state index in [1.165, 1.54) is 24.3 Å². The summed E-state index contributed by atoms with van der Waals surface area (Å²) in [5, 5.41) is 19.2. The van der Waals surface area contributed by atoms with Crippen molar-refractivity contribution in [3.63, 3.8) is 0 Å². The molecule has 0 aromatic heterocycles. The molecule has 90 valence electrons. The molecule has 6 heteroatoms. The van der Waals surface area contributed by atoms with Gasteiger partial charge >= 0.3 is 5.97 Å². The average Bonchev–Trinajstić information content (AvgIpc) is 2.28. The first-order valence-corrected chi connectivity index (χ1v) is 4.86. The zero-order chi connectivity index (χ0) is 12.8. The van der Waals surface area contributed by atoms with E-state index in [0.29, 0.717) is 12.2 Å². The monoisotopic (exact) mass is 236 g/mol. The van der Waals surface area contributed by atoms with Crippen LogP contribution in [0, 0.1) is 10.1 Å². The Morgan fingerprint density at radius 3 is 2.47 bits per heavy atom. The van der Waals surface area contributed by atoms with Crippen LogP contribution in [-0.4, -0.2) is 29.1 Å². The quantitative estimate of drug-likeness (QED) is 0.461. The number of aliphatic carboxylic acids is 1. The van der Waals surface area contributed by atoms with Crippen LogP contribution in [0.2, 0.25) is 0 Å². The molecule has 6 nitrogen and oxygen atoms in total. The van der Waals surface area contributed by atoms with E-state index in [-0.39, 0.29) is 12.2 Å². The van der Waals surface area contributed by atoms with Crippen LogP contribution in [0.15, 0.2) is 36.9 Å². The summed E-state index contributed by atoms with van der Waals surface area (Å²) in [6, 6.07) is 5.72. The maximum atomic E-state index is 10.6. The van der Waals surface area contributed by atoms with Gasteiger partial charge in [0.1, 0.15) is 6.54 Å². The molecule has 0 aliphatic heterocycles. The van der Waals surface area contributed by atoms with Gasteiger partial charge in [-0.2, -0.15) is 0 Å². The molecule has 0 saturated heterocycles. The van der Waals surface area contributed by atoms with Crippen LogP contribution in [0.25, 0.3) is 0 Å². The van der Waals surface area contributed by atoms with Gasteiger partial charge in [-0.05, 0) is 12.1 Å². The molecule has 0 heterocycles. The van der Waals surface area contributed by atoms with Gasteiger partial charge < -0.3 is 10.0 Å². The lowest BCUT2D eigenvalue weighted by atomic mass is 10.2. The fraction of sp³-hybridized carbons (Fsp3) is 0.182. The number of carboxylic acids is 1. The minimum Gasteiger partial charge on any atom is -0.480 e. The van der Waals surface area contributed by atoms with Crippen molar-refractivity contribution < 1.29 is 14.8 Å². The van der Waals surface area contributed by atoms with Crippen molar-refractivity contribution in [2.24, 2.45) is 0 Å². The number of hydrogen-bond acceptors (Lipinski definition) is 4. The van der Waals surface area contributed by atoms with Crippen molar-refractivity contribution in [3.8, 4) is 0 Å². The Hall–Kier alpha value is -2.37. The number of nitrogens with zero attached hydrogens (tertiary/aromatic N) is 2. The summed E-state index contributed by atoms with van der Waals surface area (Å²) in [6.07, 6.45) is 1.57. The smallest absolute Gasteiger partial charge is 0.323 e. The van der Waals surface area contributed by atoms with Crippen molar-refractivity contribution in [3.05, 3.63) is 47.0 Å². The number of anilines is 1. The lowest BCUT2D eigenvalue weighted by molar-refractivity contribution is -0.384. The maximum absolute atomic E-state index is 10.6. The van der Waals surface area contributed by atoms with Crippen molar-refractivity contribution in [1.82, 2.24) is 0 Å². The van der Waals surface area contributed by atoms with Crippen LogP contribution >= 0.6 is 0 Å². The van der Waals surface area contributed by atoms with E-state index in [0.717, 1.165) is 0 Å². The van der Waals surface area contributed by atoms with E-state index in [4.69, 9.17) is 5.11 Å². The van der Waals surface area contributed by atoms with Crippen LogP contribution in [0.5, 0.6) is 0 Å². The fourth-order valence-corrected chi connectivity index (χ4v) is 1.37. The molecule has 0 fully saturated rings. The van der Waals surface area contributed by atoms with Gasteiger partial charge in [-0.1, -0.05) is 6.08 Å². The van der Waals surface area contributed by atoms with Gasteiger partial charge in [0.15, 0.2) is 0 Å². The number of carboxylic acid groups (broad SMARTS) is 1. The fourth-order valence-electron chi connectivity index (χ4n) is 1.37. The first-order valence-electron chi connectivity index (χ1n) is 4.86. The van der Waals surface area contributed by atoms with E-state index >= 15 is 0 Å². The Bertz CT molecular complexity index is 428. The normalized spacial score (nSPS) is 9.65. The Labute approximate surface area is 97.9 Å². The van der Waals surface area contributed by atoms with Crippen molar-refractivity contribution in [2.75, 3.05) is 18.0 Å². The van der Waals surface area contributed by atoms with Gasteiger partial charge in [-0.3, -0.25) is 14.9 Å². The molecule has 1 aromatic rings. The third-order valence-electron chi connectivity index (χ3n) is 2.10. The Balaban J connectivity index is 2.90. The van der Waals surface area contributed by atoms with E-state index in [9.17, 15) is 14.9 Å². The molecule has 0 atom stereocenters. The van der Waals surface area contributed by atoms with Crippen molar-refractivity contribution >= 4 is 17.3 Å². The second kappa shape index (κ2) is 5.64. The highest BCUT2D eigenvalue weighted by molar-refractivity contribution is 5.74. The van der Waals surface area contributed by atoms with Crippen molar-refractivity contribution in [2.45, 2.75) is 0 Å². The molecule has 0 saturated carbocycles. The largest absolute Gasteiger partial charge is 0.480 e. The predicted octanol–water partition coefficient (Wildman–Crippen LogP) is 1.67. The number of hydrogen-bond donors (Lipinski definition) is 1. The highest BCUT2D eigenvalue weighted by atomic mass is 16.6. The summed E-state index contributed by atoms with van der Waals surface area (Å²) < 4.78 is 0. The second-order valence-electron chi connectivity index (χ2n) is 3.34. The third kappa shape index (κ3) is 3.60. The maximum Gasteiger partial charge on any atom is 0.323 e. The molecule has 0 bridgehead atoms. The van der Waals surface area contributed by atoms with Crippen LogP contribution in [0.4, 0.5) is 11.4 Å². The summed E-state index contributed by atoms with van der Waals surface area (Å²) >= 11 is 0. The molecule has 0 unspecified atom stereocenters. The zero-order valence-corrected chi connectivity index (χ0v) is 9.07. The standard InChI is InChI=1S/C11H12N2O4/c1-2-7-12(8-11(14)15)9-3-5-10(6-4-9)13(16)17/h2-6H,1,7-8H2,(H,14,15). The summed E-state index contributed by atoms with van der Waals surface area (Å²) in [4.78, 5) is 22.2. The van der Waals surface area contributed by atoms with Gasteiger partial charge in [-0.25, -0.2) is 0 Å². The molecule has 1 aromatic carbocycles. The van der Waals surface area contributed by atoms with Gasteiger partial charge in [-0.15, -0.1) is 6.58 Å². The van der Waals surface area contributed by atoms with Gasteiger partial charge in [0.2, 0.25) is 0 Å². The summed E-state index contributed by atoms with van der Waals surface area (Å²) in [7, 11) is 0. The first-order chi connectivity index (χ1) is 8.04. The molecule has 0 aliphatic rings. The van der Waals surface area contributed by atoms with Crippen LogP contribution < -0.4 is 4.90 Å². The molecule has 1 N–H and O–H groups in total. The highest BCUT2D eigenvalue weighted by Gasteiger charge is 2.11. The summed E-state index contributed by atoms with van der Waals surface area (Å²) in [5.41, 5.74) is 0.584. The van der Waals surface area contributed by atoms with E-state index in [2.05, 4.69) is 6.58 Å². The number of rotatable bonds is 6. The number of non-ortho nitro benzene ring substituents is 1. The number of benzene rings is 1. The number of nitro benzene ring substituents is 1. The first kappa shape index (κ1) is 12.7. The van der Waals surface area contributed by atoms with Crippen LogP contribution in [-0.2, 0) is 4.79 Å². The average molecular weight is 236 g/mol. The second-order valence-corrected chi connectivity index (χ2v) is 3.34. The predicted molar refractivity (Wildman–Crippen MR) is 63.1 cm³/mol. The molecule has 0 spiro atoms. The molecular formula is C11H12N2O4. The number of carbonyl (C=O) groups is 1. The van der Waals surface area contributed by atoms with Crippen LogP contribution in [0.3, 0.4) is 0 Å². The molecule has 0 radical (unpaired) electrons. The summed E-state index contributed by atoms with van der Waals surface area (Å²) in [6.45, 7) is 3.72. The Kier molecular flexibility index (Phi) is 4.21. The summed E-state index contributed by atoms with van der Waals surface area (Å²) in [5.74, 6) is -0.967. The van der Waals surface area contributed by atoms with E-state index in [1.54, 1.807) is 11.0 Å². The lowest BCUT2D eigenvalue weighted by Crippen LogP contribution is -2.29. The minimum atomic E-state index is -0.967. The molecule has 1 rings (SSSR count). The molecular weight excluding hydrogens is 224 g/mol. The van der Waals surface area contributed by atoms with Gasteiger partial charge in [0, 0.05) is 24.4 Å². The topological polar surface area (TPSA) is 83.7 Å². The van der Waals surface area contributed by atoms with Crippen LogP contribution in [0.1, 0.15) is 0 Å². The molecule has 17 heavy (non-hydrogen) atoms. The number of nitro groups is 1. The zero-order valence-electron chi connectivity index (χ0n) is 9.07. The molecule has 0 amide bonds. The third-order valence-corrected chi connectivity index (χ3v) is 2.10. The lowest BCUT2D eigenvalue weighted by Gasteiger charge is -2.20. The van der Waals surface area contributed by atoms with Crippen molar-refractivity contribution in [1.29, 1.82) is 0 Å². The highest BCUT2D eigenvalue weighted by Crippen LogP contribution is 2.19.